The average molecular weight is 326 g/mol. The van der Waals surface area contributed by atoms with E-state index in [1.165, 1.54) is 6.92 Å². The van der Waals surface area contributed by atoms with Crippen molar-refractivity contribution in [2.45, 2.75) is 32.8 Å². The maximum atomic E-state index is 13.7. The number of carbonyl (C=O) groups is 1. The Balaban J connectivity index is 1.83. The van der Waals surface area contributed by atoms with E-state index < -0.39 is 23.6 Å². The molecule has 2 rings (SSSR count). The summed E-state index contributed by atoms with van der Waals surface area (Å²) in [6.07, 6.45) is 1.48. The molecule has 0 aromatic heterocycles. The number of rotatable bonds is 5. The van der Waals surface area contributed by atoms with E-state index in [2.05, 4.69) is 17.1 Å². The maximum Gasteiger partial charge on any atom is 0.254 e. The Labute approximate surface area is 135 Å². The molecule has 1 aromatic carbocycles. The first-order chi connectivity index (χ1) is 10.9. The van der Waals surface area contributed by atoms with Crippen LogP contribution in [0.5, 0.6) is 0 Å². The maximum absolute atomic E-state index is 13.7. The SMILES string of the molecule is Cc1cc(F)c(C(=O)NCC(O)CN2CCC(C)CC2)cc1F. The van der Waals surface area contributed by atoms with Crippen molar-refractivity contribution >= 4 is 5.91 Å². The van der Waals surface area contributed by atoms with E-state index in [1.807, 2.05) is 0 Å². The van der Waals surface area contributed by atoms with Gasteiger partial charge >= 0.3 is 0 Å². The van der Waals surface area contributed by atoms with Crippen LogP contribution in [0.15, 0.2) is 12.1 Å². The summed E-state index contributed by atoms with van der Waals surface area (Å²) < 4.78 is 27.2. The summed E-state index contributed by atoms with van der Waals surface area (Å²) in [6.45, 7) is 6.00. The topological polar surface area (TPSA) is 52.6 Å². The number of β-amino-alcohol motifs (C(OH)–C–C–N with tert-alkyl or cyclic N) is 1. The predicted molar refractivity (Wildman–Crippen MR) is 84.3 cm³/mol. The lowest BCUT2D eigenvalue weighted by Gasteiger charge is -2.31. The van der Waals surface area contributed by atoms with Gasteiger partial charge in [-0.3, -0.25) is 4.79 Å². The van der Waals surface area contributed by atoms with Gasteiger partial charge in [0, 0.05) is 13.1 Å². The molecule has 0 radical (unpaired) electrons. The molecule has 1 saturated heterocycles. The number of amides is 1. The minimum absolute atomic E-state index is 0.0137. The van der Waals surface area contributed by atoms with Crippen LogP contribution in [0.4, 0.5) is 8.78 Å². The molecule has 0 bridgehead atoms. The van der Waals surface area contributed by atoms with Gasteiger partial charge in [-0.25, -0.2) is 8.78 Å². The van der Waals surface area contributed by atoms with Gasteiger partial charge < -0.3 is 15.3 Å². The standard InChI is InChI=1S/C17H24F2N2O2/c1-11-3-5-21(6-4-11)10-13(22)9-20-17(23)14-8-15(18)12(2)7-16(14)19/h7-8,11,13,22H,3-6,9-10H2,1-2H3,(H,20,23). The lowest BCUT2D eigenvalue weighted by molar-refractivity contribution is 0.0793. The zero-order chi connectivity index (χ0) is 17.0. The fourth-order valence-electron chi connectivity index (χ4n) is 2.73. The van der Waals surface area contributed by atoms with E-state index in [1.54, 1.807) is 0 Å². The van der Waals surface area contributed by atoms with Crippen LogP contribution in [-0.2, 0) is 0 Å². The van der Waals surface area contributed by atoms with Crippen LogP contribution in [0.2, 0.25) is 0 Å². The highest BCUT2D eigenvalue weighted by molar-refractivity contribution is 5.94. The summed E-state index contributed by atoms with van der Waals surface area (Å²) in [7, 11) is 0. The number of carbonyl (C=O) groups excluding carboxylic acids is 1. The molecule has 1 aromatic rings. The van der Waals surface area contributed by atoms with Gasteiger partial charge in [-0.15, -0.1) is 0 Å². The molecule has 23 heavy (non-hydrogen) atoms. The number of aliphatic hydroxyl groups is 1. The molecular weight excluding hydrogens is 302 g/mol. The number of hydrogen-bond donors (Lipinski definition) is 2. The lowest BCUT2D eigenvalue weighted by atomic mass is 9.99. The number of hydrogen-bond acceptors (Lipinski definition) is 3. The number of aryl methyl sites for hydroxylation is 1. The van der Waals surface area contributed by atoms with Crippen LogP contribution in [0.3, 0.4) is 0 Å². The Bertz CT molecular complexity index is 558. The quantitative estimate of drug-likeness (QED) is 0.871. The molecule has 1 fully saturated rings. The molecule has 1 heterocycles. The van der Waals surface area contributed by atoms with E-state index in [-0.39, 0.29) is 17.7 Å². The van der Waals surface area contributed by atoms with Crippen molar-refractivity contribution in [3.8, 4) is 0 Å². The number of halogens is 2. The van der Waals surface area contributed by atoms with Gasteiger partial charge in [-0.1, -0.05) is 6.92 Å². The molecule has 1 amide bonds. The van der Waals surface area contributed by atoms with Crippen LogP contribution in [0.25, 0.3) is 0 Å². The zero-order valence-corrected chi connectivity index (χ0v) is 13.6. The summed E-state index contributed by atoms with van der Waals surface area (Å²) in [5, 5.41) is 12.5. The van der Waals surface area contributed by atoms with E-state index in [4.69, 9.17) is 0 Å². The highest BCUT2D eigenvalue weighted by Gasteiger charge is 2.20. The molecule has 6 heteroatoms. The molecule has 128 valence electrons. The minimum Gasteiger partial charge on any atom is -0.390 e. The highest BCUT2D eigenvalue weighted by Crippen LogP contribution is 2.16. The Hall–Kier alpha value is -1.53. The first-order valence-corrected chi connectivity index (χ1v) is 8.01. The van der Waals surface area contributed by atoms with E-state index in [9.17, 15) is 18.7 Å². The zero-order valence-electron chi connectivity index (χ0n) is 13.6. The van der Waals surface area contributed by atoms with E-state index >= 15 is 0 Å². The molecule has 0 spiro atoms. The third-order valence-corrected chi connectivity index (χ3v) is 4.34. The number of piperidine rings is 1. The van der Waals surface area contributed by atoms with Gasteiger partial charge in [0.1, 0.15) is 11.6 Å². The Morgan fingerprint density at radius 3 is 2.65 bits per heavy atom. The third kappa shape index (κ3) is 4.97. The van der Waals surface area contributed by atoms with E-state index in [0.717, 1.165) is 38.1 Å². The molecule has 2 N–H and O–H groups in total. The van der Waals surface area contributed by atoms with Crippen molar-refractivity contribution in [1.29, 1.82) is 0 Å². The van der Waals surface area contributed by atoms with Crippen LogP contribution in [0.1, 0.15) is 35.7 Å². The summed E-state index contributed by atoms with van der Waals surface area (Å²) in [5.74, 6) is -1.39. The second-order valence-corrected chi connectivity index (χ2v) is 6.43. The number of benzene rings is 1. The number of nitrogens with one attached hydrogen (secondary N) is 1. The number of likely N-dealkylation sites (tertiary alicyclic amines) is 1. The number of aliphatic hydroxyl groups excluding tert-OH is 1. The lowest BCUT2D eigenvalue weighted by Crippen LogP contribution is -2.43. The van der Waals surface area contributed by atoms with Gasteiger partial charge in [0.15, 0.2) is 0 Å². The van der Waals surface area contributed by atoms with Crippen molar-refractivity contribution in [2.24, 2.45) is 5.92 Å². The normalized spacial score (nSPS) is 18.0. The van der Waals surface area contributed by atoms with Crippen LogP contribution < -0.4 is 5.32 Å². The molecular formula is C17H24F2N2O2. The van der Waals surface area contributed by atoms with Crippen LogP contribution >= 0.6 is 0 Å². The first-order valence-electron chi connectivity index (χ1n) is 8.01. The van der Waals surface area contributed by atoms with Crippen molar-refractivity contribution < 1.29 is 18.7 Å². The van der Waals surface area contributed by atoms with Crippen molar-refractivity contribution in [3.05, 3.63) is 34.9 Å². The van der Waals surface area contributed by atoms with Gasteiger partial charge in [-0.2, -0.15) is 0 Å². The number of nitrogens with zero attached hydrogens (tertiary/aromatic N) is 1. The molecule has 1 atom stereocenters. The average Bonchev–Trinajstić information content (AvgIpc) is 2.51. The summed E-state index contributed by atoms with van der Waals surface area (Å²) >= 11 is 0. The van der Waals surface area contributed by atoms with Gasteiger partial charge in [-0.05, 0) is 56.5 Å². The van der Waals surface area contributed by atoms with Crippen LogP contribution in [-0.4, -0.2) is 48.2 Å². The summed E-state index contributed by atoms with van der Waals surface area (Å²) in [4.78, 5) is 14.1. The van der Waals surface area contributed by atoms with E-state index in [0.29, 0.717) is 12.5 Å². The fraction of sp³-hybridized carbons (Fsp3) is 0.588. The van der Waals surface area contributed by atoms with Crippen molar-refractivity contribution in [2.75, 3.05) is 26.2 Å². The highest BCUT2D eigenvalue weighted by atomic mass is 19.1. The van der Waals surface area contributed by atoms with Gasteiger partial charge in [0.25, 0.3) is 5.91 Å². The molecule has 0 saturated carbocycles. The molecule has 0 aliphatic carbocycles. The third-order valence-electron chi connectivity index (χ3n) is 4.34. The van der Waals surface area contributed by atoms with Crippen molar-refractivity contribution in [3.63, 3.8) is 0 Å². The monoisotopic (exact) mass is 326 g/mol. The first kappa shape index (κ1) is 17.8. The molecule has 1 unspecified atom stereocenters. The van der Waals surface area contributed by atoms with Gasteiger partial charge in [0.2, 0.25) is 0 Å². The largest absolute Gasteiger partial charge is 0.390 e. The van der Waals surface area contributed by atoms with Crippen LogP contribution in [0, 0.1) is 24.5 Å². The Morgan fingerprint density at radius 2 is 2.00 bits per heavy atom. The summed E-state index contributed by atoms with van der Waals surface area (Å²) in [5.41, 5.74) is -0.189. The van der Waals surface area contributed by atoms with Crippen molar-refractivity contribution in [1.82, 2.24) is 10.2 Å². The molecule has 1 aliphatic rings. The Morgan fingerprint density at radius 1 is 1.35 bits per heavy atom. The summed E-state index contributed by atoms with van der Waals surface area (Å²) in [6, 6.07) is 1.88. The minimum atomic E-state index is -0.763. The molecule has 1 aliphatic heterocycles. The molecule has 4 nitrogen and oxygen atoms in total. The fourth-order valence-corrected chi connectivity index (χ4v) is 2.73. The Kier molecular flexibility index (Phi) is 6.07. The second kappa shape index (κ2) is 7.84. The smallest absolute Gasteiger partial charge is 0.254 e. The second-order valence-electron chi connectivity index (χ2n) is 6.43. The van der Waals surface area contributed by atoms with Gasteiger partial charge in [0.05, 0.1) is 11.7 Å². The predicted octanol–water partition coefficient (Wildman–Crippen LogP) is 2.10.